The molecule has 0 aliphatic heterocycles. The van der Waals surface area contributed by atoms with Crippen LogP contribution in [0.25, 0.3) is 0 Å². The van der Waals surface area contributed by atoms with Crippen LogP contribution in [0.4, 0.5) is 0 Å². The van der Waals surface area contributed by atoms with Gasteiger partial charge in [0.1, 0.15) is 0 Å². The summed E-state index contributed by atoms with van der Waals surface area (Å²) in [4.78, 5) is 0. The van der Waals surface area contributed by atoms with Crippen LogP contribution in [0.1, 0.15) is 2.74 Å². The van der Waals surface area contributed by atoms with Gasteiger partial charge in [0.25, 0.3) is 0 Å². The number of benzene rings is 1. The molecule has 0 N–H and O–H groups in total. The molecule has 0 aromatic heterocycles. The van der Waals surface area contributed by atoms with Crippen LogP contribution in [0.3, 0.4) is 0 Å². The van der Waals surface area contributed by atoms with E-state index in [9.17, 15) is 3.74 Å². The molecule has 0 aliphatic rings. The molecule has 0 amide bonds. The van der Waals surface area contributed by atoms with Crippen molar-refractivity contribution in [1.29, 1.82) is 0 Å². The van der Waals surface area contributed by atoms with Gasteiger partial charge in [0.2, 0.25) is 0 Å². The summed E-state index contributed by atoms with van der Waals surface area (Å²) in [5.41, 5.74) is 0. The van der Waals surface area contributed by atoms with E-state index in [1.807, 2.05) is 0 Å². The van der Waals surface area contributed by atoms with Crippen molar-refractivity contribution < 1.29 is 6.48 Å². The van der Waals surface area contributed by atoms with Gasteiger partial charge in [-0.05, 0) is 0 Å². The normalized spacial score (nSPS) is 13.0. The monoisotopic (exact) mass is 170 g/mol. The van der Waals surface area contributed by atoms with Crippen LogP contribution in [0, 0.1) is 0 Å². The summed E-state index contributed by atoms with van der Waals surface area (Å²) in [7, 11) is 0. The van der Waals surface area contributed by atoms with Gasteiger partial charge in [0, 0.05) is 0 Å². The molecule has 0 radical (unpaired) electrons. The first-order valence-corrected chi connectivity index (χ1v) is 3.85. The average molecular weight is 170 g/mol. The molecule has 0 saturated carbocycles. The van der Waals surface area contributed by atoms with Crippen LogP contribution >= 0.6 is 0 Å². The molecular weight excluding hydrogens is 163 g/mol. The summed E-state index contributed by atoms with van der Waals surface area (Å²) in [6, 6.07) is 5.12. The van der Waals surface area contributed by atoms with Gasteiger partial charge in [-0.1, -0.05) is 0 Å². The maximum atomic E-state index is 10.4. The zero-order valence-electron chi connectivity index (χ0n) is 6.09. The molecule has 0 saturated heterocycles. The van der Waals surface area contributed by atoms with Crippen LogP contribution in [0.15, 0.2) is 30.3 Å². The molecule has 0 unspecified atom stereocenters. The van der Waals surface area contributed by atoms with Crippen molar-refractivity contribution in [3.63, 3.8) is 0 Å². The molecule has 2 heteroatoms. The maximum absolute atomic E-state index is 10.4. The standard InChI is InChI=1S/C6H5AsO/c8-7-6-4-2-1-3-5-6/h1-5H/i4D,5D. The Hall–Kier alpha value is -0.422. The Kier molecular flexibility index (Phi) is 1.24. The van der Waals surface area contributed by atoms with Crippen LogP contribution in [-0.4, -0.2) is 15.7 Å². The van der Waals surface area contributed by atoms with Crippen molar-refractivity contribution in [3.8, 4) is 0 Å². The number of hydrogen-bond acceptors (Lipinski definition) is 1. The van der Waals surface area contributed by atoms with E-state index in [0.29, 0.717) is 4.35 Å². The van der Waals surface area contributed by atoms with E-state index in [1.54, 1.807) is 18.2 Å². The van der Waals surface area contributed by atoms with Gasteiger partial charge in [-0.2, -0.15) is 0 Å². The third kappa shape index (κ3) is 1.27. The second-order valence-corrected chi connectivity index (χ2v) is 2.58. The summed E-state index contributed by atoms with van der Waals surface area (Å²) in [6.07, 6.45) is 0. The van der Waals surface area contributed by atoms with E-state index in [-0.39, 0.29) is 12.1 Å². The molecule has 0 fully saturated rings. The van der Waals surface area contributed by atoms with Crippen molar-refractivity contribution in [3.05, 3.63) is 30.3 Å². The summed E-state index contributed by atoms with van der Waals surface area (Å²) in [5.74, 6) is 0. The van der Waals surface area contributed by atoms with E-state index >= 15 is 0 Å². The van der Waals surface area contributed by atoms with Gasteiger partial charge in [0.15, 0.2) is 0 Å². The second-order valence-electron chi connectivity index (χ2n) is 1.25. The third-order valence-corrected chi connectivity index (χ3v) is 1.65. The van der Waals surface area contributed by atoms with E-state index in [2.05, 4.69) is 0 Å². The third-order valence-electron chi connectivity index (χ3n) is 0.724. The SMILES string of the molecule is [2H]c1cccc([2H])c1[As]=O. The molecule has 1 aromatic rings. The number of hydrogen-bond donors (Lipinski definition) is 0. The summed E-state index contributed by atoms with van der Waals surface area (Å²) in [5, 5.41) is 0. The van der Waals surface area contributed by atoms with Crippen molar-refractivity contribution in [2.24, 2.45) is 0 Å². The van der Waals surface area contributed by atoms with Gasteiger partial charge >= 0.3 is 56.8 Å². The van der Waals surface area contributed by atoms with Gasteiger partial charge in [-0.3, -0.25) is 0 Å². The minimum absolute atomic E-state index is 0.211. The fourth-order valence-corrected chi connectivity index (χ4v) is 0.930. The zero-order chi connectivity index (χ0) is 7.56. The van der Waals surface area contributed by atoms with E-state index < -0.39 is 15.7 Å². The molecular formula is C6H5AsO. The number of rotatable bonds is 1. The predicted molar refractivity (Wildman–Crippen MR) is 32.5 cm³/mol. The molecule has 1 aromatic carbocycles. The van der Waals surface area contributed by atoms with E-state index in [1.165, 1.54) is 0 Å². The van der Waals surface area contributed by atoms with Crippen LogP contribution in [0.2, 0.25) is 0 Å². The average Bonchev–Trinajstić information content (AvgIpc) is 1.88. The van der Waals surface area contributed by atoms with Crippen molar-refractivity contribution in [2.75, 3.05) is 0 Å². The predicted octanol–water partition coefficient (Wildman–Crippen LogP) is 0.362. The minimum atomic E-state index is -1.23. The Bertz CT molecular complexity index is 242. The fraction of sp³-hybridized carbons (Fsp3) is 0. The van der Waals surface area contributed by atoms with Gasteiger partial charge in [-0.25, -0.2) is 0 Å². The van der Waals surface area contributed by atoms with Crippen LogP contribution in [0.5, 0.6) is 0 Å². The Morgan fingerprint density at radius 2 is 2.00 bits per heavy atom. The first kappa shape index (κ1) is 3.57. The second kappa shape index (κ2) is 2.78. The Morgan fingerprint density at radius 1 is 1.38 bits per heavy atom. The molecule has 0 spiro atoms. The molecule has 0 atom stereocenters. The topological polar surface area (TPSA) is 17.1 Å². The summed E-state index contributed by atoms with van der Waals surface area (Å²) >= 11 is -1.23. The van der Waals surface area contributed by atoms with Crippen molar-refractivity contribution in [2.45, 2.75) is 0 Å². The van der Waals surface area contributed by atoms with E-state index in [4.69, 9.17) is 2.74 Å². The molecule has 1 rings (SSSR count). The van der Waals surface area contributed by atoms with Crippen LogP contribution in [-0.2, 0) is 3.74 Å². The summed E-state index contributed by atoms with van der Waals surface area (Å²) in [6.45, 7) is 0. The van der Waals surface area contributed by atoms with Crippen molar-refractivity contribution in [1.82, 2.24) is 0 Å². The molecule has 1 nitrogen and oxygen atoms in total. The van der Waals surface area contributed by atoms with E-state index in [0.717, 1.165) is 0 Å². The Morgan fingerprint density at radius 3 is 2.38 bits per heavy atom. The molecule has 8 heavy (non-hydrogen) atoms. The first-order valence-electron chi connectivity index (χ1n) is 3.15. The fourth-order valence-electron chi connectivity index (χ4n) is 0.397. The Labute approximate surface area is 57.4 Å². The van der Waals surface area contributed by atoms with Gasteiger partial charge < -0.3 is 0 Å². The van der Waals surface area contributed by atoms with Gasteiger partial charge in [-0.15, -0.1) is 0 Å². The molecule has 40 valence electrons. The first-order chi connectivity index (χ1) is 4.75. The molecule has 0 bridgehead atoms. The zero-order valence-corrected chi connectivity index (χ0v) is 5.96. The van der Waals surface area contributed by atoms with Crippen molar-refractivity contribution >= 4 is 20.0 Å². The molecule has 0 heterocycles. The van der Waals surface area contributed by atoms with Crippen LogP contribution < -0.4 is 4.35 Å². The van der Waals surface area contributed by atoms with Gasteiger partial charge in [0.05, 0.1) is 0 Å². The Balaban J connectivity index is 3.30. The molecule has 0 aliphatic carbocycles. The quantitative estimate of drug-likeness (QED) is 0.556. The summed E-state index contributed by atoms with van der Waals surface area (Å²) < 4.78 is 25.2.